The van der Waals surface area contributed by atoms with Crippen molar-refractivity contribution < 1.29 is 19.1 Å². The van der Waals surface area contributed by atoms with E-state index in [0.717, 1.165) is 37.2 Å². The highest BCUT2D eigenvalue weighted by atomic mass is 16.5. The van der Waals surface area contributed by atoms with Crippen molar-refractivity contribution in [1.29, 1.82) is 0 Å². The third-order valence-electron chi connectivity index (χ3n) is 5.86. The second-order valence-electron chi connectivity index (χ2n) is 8.36. The standard InChI is InChI=1S/C26H32N2O4/c1-2-3-18-6-13-23(14-7-18)32-26(30)20-9-4-19(5-10-20)8-15-25(29)31-17-21-11-12-22(27)16-24(21)28/h4-5,8-12,15-16,18,23H,2-3,6-7,13-14,17,27-28H2,1H3. The maximum absolute atomic E-state index is 12.4. The van der Waals surface area contributed by atoms with E-state index in [1.807, 2.05) is 0 Å². The van der Waals surface area contributed by atoms with Crippen LogP contribution in [0.5, 0.6) is 0 Å². The predicted molar refractivity (Wildman–Crippen MR) is 127 cm³/mol. The topological polar surface area (TPSA) is 105 Å². The number of carbonyl (C=O) groups is 2. The van der Waals surface area contributed by atoms with Gasteiger partial charge >= 0.3 is 11.9 Å². The summed E-state index contributed by atoms with van der Waals surface area (Å²) < 4.78 is 10.9. The summed E-state index contributed by atoms with van der Waals surface area (Å²) in [5.41, 5.74) is 14.6. The summed E-state index contributed by atoms with van der Waals surface area (Å²) in [5.74, 6) is -0.0000796. The number of hydrogen-bond donors (Lipinski definition) is 2. The number of ether oxygens (including phenoxy) is 2. The Morgan fingerprint density at radius 3 is 2.41 bits per heavy atom. The van der Waals surface area contributed by atoms with Gasteiger partial charge in [-0.25, -0.2) is 9.59 Å². The molecule has 0 radical (unpaired) electrons. The van der Waals surface area contributed by atoms with Crippen LogP contribution in [0.15, 0.2) is 48.5 Å². The minimum atomic E-state index is -0.483. The fourth-order valence-electron chi connectivity index (χ4n) is 4.00. The van der Waals surface area contributed by atoms with Crippen molar-refractivity contribution in [2.24, 2.45) is 5.92 Å². The number of benzene rings is 2. The Balaban J connectivity index is 1.45. The van der Waals surface area contributed by atoms with E-state index in [4.69, 9.17) is 20.9 Å². The molecule has 6 nitrogen and oxygen atoms in total. The van der Waals surface area contributed by atoms with E-state index in [1.165, 1.54) is 18.9 Å². The molecule has 1 saturated carbocycles. The van der Waals surface area contributed by atoms with Gasteiger partial charge in [0.2, 0.25) is 0 Å². The van der Waals surface area contributed by atoms with Gasteiger partial charge in [0.05, 0.1) is 5.56 Å². The first-order chi connectivity index (χ1) is 15.4. The van der Waals surface area contributed by atoms with Crippen LogP contribution in [-0.2, 0) is 20.9 Å². The lowest BCUT2D eigenvalue weighted by atomic mass is 9.85. The summed E-state index contributed by atoms with van der Waals surface area (Å²) in [6, 6.07) is 12.0. The molecule has 170 valence electrons. The molecule has 3 rings (SSSR count). The molecule has 6 heteroatoms. The van der Waals surface area contributed by atoms with Gasteiger partial charge in [-0.2, -0.15) is 0 Å². The van der Waals surface area contributed by atoms with Crippen LogP contribution in [0.4, 0.5) is 11.4 Å². The van der Waals surface area contributed by atoms with E-state index in [-0.39, 0.29) is 18.7 Å². The van der Waals surface area contributed by atoms with E-state index < -0.39 is 5.97 Å². The van der Waals surface area contributed by atoms with Crippen molar-refractivity contribution in [3.8, 4) is 0 Å². The van der Waals surface area contributed by atoms with E-state index in [9.17, 15) is 9.59 Å². The van der Waals surface area contributed by atoms with E-state index in [1.54, 1.807) is 48.5 Å². The Morgan fingerprint density at radius 1 is 1.03 bits per heavy atom. The van der Waals surface area contributed by atoms with Crippen LogP contribution in [0.2, 0.25) is 0 Å². The van der Waals surface area contributed by atoms with Gasteiger partial charge in [-0.05, 0) is 67.5 Å². The Morgan fingerprint density at radius 2 is 1.75 bits per heavy atom. The van der Waals surface area contributed by atoms with Crippen molar-refractivity contribution in [3.63, 3.8) is 0 Å². The van der Waals surface area contributed by atoms with Crippen LogP contribution in [0.3, 0.4) is 0 Å². The van der Waals surface area contributed by atoms with Crippen LogP contribution in [0.25, 0.3) is 6.08 Å². The number of carbonyl (C=O) groups excluding carboxylic acids is 2. The van der Waals surface area contributed by atoms with Crippen molar-refractivity contribution in [1.82, 2.24) is 0 Å². The highest BCUT2D eigenvalue weighted by Gasteiger charge is 2.23. The highest BCUT2D eigenvalue weighted by molar-refractivity contribution is 5.90. The first kappa shape index (κ1) is 23.4. The summed E-state index contributed by atoms with van der Waals surface area (Å²) >= 11 is 0. The summed E-state index contributed by atoms with van der Waals surface area (Å²) in [6.45, 7) is 2.28. The number of anilines is 2. The predicted octanol–water partition coefficient (Wildman–Crippen LogP) is 5.12. The number of rotatable bonds is 8. The van der Waals surface area contributed by atoms with Gasteiger partial charge in [0, 0.05) is 23.0 Å². The zero-order valence-corrected chi connectivity index (χ0v) is 18.6. The van der Waals surface area contributed by atoms with Crippen LogP contribution in [-0.4, -0.2) is 18.0 Å². The van der Waals surface area contributed by atoms with Crippen LogP contribution in [0, 0.1) is 5.92 Å². The fraction of sp³-hybridized carbons (Fsp3) is 0.385. The molecule has 1 aliphatic carbocycles. The fourth-order valence-corrected chi connectivity index (χ4v) is 4.00. The zero-order valence-electron chi connectivity index (χ0n) is 18.6. The molecule has 0 heterocycles. The van der Waals surface area contributed by atoms with Gasteiger partial charge in [0.25, 0.3) is 0 Å². The molecule has 0 amide bonds. The van der Waals surface area contributed by atoms with Gasteiger partial charge in [0.15, 0.2) is 0 Å². The van der Waals surface area contributed by atoms with Crippen molar-refractivity contribution in [3.05, 3.63) is 65.2 Å². The number of hydrogen-bond acceptors (Lipinski definition) is 6. The first-order valence-electron chi connectivity index (χ1n) is 11.2. The molecule has 0 aliphatic heterocycles. The third-order valence-corrected chi connectivity index (χ3v) is 5.86. The Hall–Kier alpha value is -3.28. The second-order valence-corrected chi connectivity index (χ2v) is 8.36. The lowest BCUT2D eigenvalue weighted by Crippen LogP contribution is -2.24. The zero-order chi connectivity index (χ0) is 22.9. The Kier molecular flexibility index (Phi) is 8.31. The molecular formula is C26H32N2O4. The summed E-state index contributed by atoms with van der Waals surface area (Å²) in [4.78, 5) is 24.4. The number of nitrogen functional groups attached to an aromatic ring is 2. The van der Waals surface area contributed by atoms with E-state index in [0.29, 0.717) is 22.5 Å². The monoisotopic (exact) mass is 436 g/mol. The highest BCUT2D eigenvalue weighted by Crippen LogP contribution is 2.29. The Bertz CT molecular complexity index is 945. The van der Waals surface area contributed by atoms with Gasteiger partial charge in [-0.3, -0.25) is 0 Å². The smallest absolute Gasteiger partial charge is 0.338 e. The van der Waals surface area contributed by atoms with E-state index in [2.05, 4.69) is 6.92 Å². The lowest BCUT2D eigenvalue weighted by Gasteiger charge is -2.28. The van der Waals surface area contributed by atoms with Crippen molar-refractivity contribution in [2.45, 2.75) is 58.2 Å². The Labute approximate surface area is 189 Å². The van der Waals surface area contributed by atoms with Gasteiger partial charge in [-0.1, -0.05) is 38.0 Å². The number of esters is 2. The summed E-state index contributed by atoms with van der Waals surface area (Å²) in [7, 11) is 0. The molecule has 0 aromatic heterocycles. The van der Waals surface area contributed by atoms with E-state index >= 15 is 0 Å². The molecule has 0 saturated heterocycles. The minimum absolute atomic E-state index is 0.0139. The average Bonchev–Trinajstić information content (AvgIpc) is 2.79. The molecular weight excluding hydrogens is 404 g/mol. The normalized spacial score (nSPS) is 18.4. The summed E-state index contributed by atoms with van der Waals surface area (Å²) in [5, 5.41) is 0. The minimum Gasteiger partial charge on any atom is -0.459 e. The van der Waals surface area contributed by atoms with Crippen LogP contribution < -0.4 is 11.5 Å². The van der Waals surface area contributed by atoms with Crippen LogP contribution >= 0.6 is 0 Å². The quantitative estimate of drug-likeness (QED) is 0.338. The van der Waals surface area contributed by atoms with Gasteiger partial charge < -0.3 is 20.9 Å². The molecule has 2 aromatic carbocycles. The molecule has 1 fully saturated rings. The maximum atomic E-state index is 12.4. The average molecular weight is 437 g/mol. The van der Waals surface area contributed by atoms with Gasteiger partial charge in [-0.15, -0.1) is 0 Å². The van der Waals surface area contributed by atoms with Gasteiger partial charge in [0.1, 0.15) is 12.7 Å². The molecule has 0 atom stereocenters. The second kappa shape index (κ2) is 11.4. The summed E-state index contributed by atoms with van der Waals surface area (Å²) in [6.07, 6.45) is 9.63. The molecule has 1 aliphatic rings. The molecule has 0 unspecified atom stereocenters. The maximum Gasteiger partial charge on any atom is 0.338 e. The SMILES string of the molecule is CCCC1CCC(OC(=O)c2ccc(C=CC(=O)OCc3ccc(N)cc3N)cc2)CC1. The first-order valence-corrected chi connectivity index (χ1v) is 11.2. The molecule has 32 heavy (non-hydrogen) atoms. The van der Waals surface area contributed by atoms with Crippen molar-refractivity contribution >= 4 is 29.4 Å². The molecule has 2 aromatic rings. The van der Waals surface area contributed by atoms with Crippen molar-refractivity contribution in [2.75, 3.05) is 11.5 Å². The third kappa shape index (κ3) is 6.87. The lowest BCUT2D eigenvalue weighted by molar-refractivity contribution is -0.138. The van der Waals surface area contributed by atoms with Crippen LogP contribution in [0.1, 0.15) is 66.9 Å². The number of nitrogens with two attached hydrogens (primary N) is 2. The molecule has 0 spiro atoms. The molecule has 0 bridgehead atoms. The largest absolute Gasteiger partial charge is 0.459 e. The molecule has 4 N–H and O–H groups in total.